The number of carbonyl (C=O) groups excluding carboxylic acids is 5. The van der Waals surface area contributed by atoms with Gasteiger partial charge in [0.1, 0.15) is 24.2 Å². The molecule has 4 unspecified atom stereocenters. The van der Waals surface area contributed by atoms with Gasteiger partial charge >= 0.3 is 5.97 Å². The van der Waals surface area contributed by atoms with Crippen molar-refractivity contribution in [3.8, 4) is 0 Å². The molecular weight excluding hydrogens is 544 g/mol. The van der Waals surface area contributed by atoms with E-state index in [9.17, 15) is 28.8 Å². The van der Waals surface area contributed by atoms with Crippen LogP contribution in [0.15, 0.2) is 0 Å². The van der Waals surface area contributed by atoms with Crippen LogP contribution >= 0.6 is 0 Å². The second-order valence-electron chi connectivity index (χ2n) is 11.8. The van der Waals surface area contributed by atoms with Crippen molar-refractivity contribution in [3.05, 3.63) is 0 Å². The lowest BCUT2D eigenvalue weighted by Crippen LogP contribution is -2.58. The minimum Gasteiger partial charge on any atom is -0.480 e. The Morgan fingerprint density at radius 3 is 1.81 bits per heavy atom. The number of carboxylic acid groups (broad SMARTS) is 1. The SMILES string of the molecule is CCCC(NC(=O)C(NC=O)[C@H](C)CC)C(=O)N[C@H](CNC(C)C(=O)N[C@H](C(=O)NC(C)C(=O)O)C(C)C)CC(C)C. The highest BCUT2D eigenvalue weighted by atomic mass is 16.4. The molecule has 0 aliphatic rings. The monoisotopic (exact) mass is 598 g/mol. The zero-order valence-corrected chi connectivity index (χ0v) is 26.7. The lowest BCUT2D eigenvalue weighted by Gasteiger charge is -2.28. The molecule has 0 rings (SSSR count). The van der Waals surface area contributed by atoms with E-state index in [4.69, 9.17) is 5.11 Å². The number of carbonyl (C=O) groups is 6. The van der Waals surface area contributed by atoms with Gasteiger partial charge < -0.3 is 37.0 Å². The van der Waals surface area contributed by atoms with E-state index in [0.717, 1.165) is 0 Å². The molecule has 0 spiro atoms. The molecule has 0 aliphatic carbocycles. The van der Waals surface area contributed by atoms with Crippen molar-refractivity contribution in [1.82, 2.24) is 31.9 Å². The summed E-state index contributed by atoms with van der Waals surface area (Å²) in [6, 6.07) is -4.66. The first-order valence-electron chi connectivity index (χ1n) is 15.0. The highest BCUT2D eigenvalue weighted by Crippen LogP contribution is 2.10. The standard InChI is InChI=1S/C29H54N6O7/c1-10-12-22(34-28(40)24(31-15-36)18(7)11-2)26(38)33-21(13-16(3)4)14-30-19(8)25(37)35-23(17(5)6)27(39)32-20(9)29(41)42/h15-24,30H,10-14H2,1-9H3,(H,31,36)(H,32,39)(H,33,38)(H,34,40)(H,35,37)(H,41,42)/t18-,19?,20?,21+,22?,23+,24?/m1/s1. The molecule has 242 valence electrons. The van der Waals surface area contributed by atoms with Gasteiger partial charge in [-0.2, -0.15) is 0 Å². The third-order valence-corrected chi connectivity index (χ3v) is 7.10. The van der Waals surface area contributed by atoms with E-state index in [0.29, 0.717) is 32.1 Å². The van der Waals surface area contributed by atoms with Gasteiger partial charge in [0.15, 0.2) is 0 Å². The third-order valence-electron chi connectivity index (χ3n) is 7.10. The summed E-state index contributed by atoms with van der Waals surface area (Å²) in [7, 11) is 0. The number of amides is 5. The van der Waals surface area contributed by atoms with Crippen LogP contribution < -0.4 is 31.9 Å². The molecule has 42 heavy (non-hydrogen) atoms. The summed E-state index contributed by atoms with van der Waals surface area (Å²) in [4.78, 5) is 73.9. The van der Waals surface area contributed by atoms with Gasteiger partial charge in [-0.25, -0.2) is 0 Å². The Bertz CT molecular complexity index is 898. The van der Waals surface area contributed by atoms with Crippen molar-refractivity contribution in [1.29, 1.82) is 0 Å². The first kappa shape index (κ1) is 38.8. The molecular formula is C29H54N6O7. The van der Waals surface area contributed by atoms with Crippen LogP contribution in [0.2, 0.25) is 0 Å². The molecule has 0 saturated heterocycles. The molecule has 0 aromatic rings. The molecule has 7 atom stereocenters. The maximum absolute atomic E-state index is 13.3. The van der Waals surface area contributed by atoms with Gasteiger partial charge in [0.05, 0.1) is 6.04 Å². The average molecular weight is 599 g/mol. The first-order chi connectivity index (χ1) is 19.6. The van der Waals surface area contributed by atoms with Crippen LogP contribution in [0.4, 0.5) is 0 Å². The molecule has 0 aromatic heterocycles. The van der Waals surface area contributed by atoms with Crippen molar-refractivity contribution in [2.45, 2.75) is 124 Å². The van der Waals surface area contributed by atoms with Gasteiger partial charge in [0, 0.05) is 12.6 Å². The van der Waals surface area contributed by atoms with Gasteiger partial charge in [-0.05, 0) is 44.4 Å². The van der Waals surface area contributed by atoms with Crippen LogP contribution in [0, 0.1) is 17.8 Å². The minimum absolute atomic E-state index is 0.118. The number of carboxylic acids is 1. The molecule has 5 amide bonds. The normalized spacial score (nSPS) is 16.3. The van der Waals surface area contributed by atoms with Crippen LogP contribution in [-0.4, -0.2) is 83.9 Å². The summed E-state index contributed by atoms with van der Waals surface area (Å²) in [6.45, 7) is 16.4. The molecule has 13 heteroatoms. The highest BCUT2D eigenvalue weighted by Gasteiger charge is 2.31. The van der Waals surface area contributed by atoms with E-state index in [-0.39, 0.29) is 36.2 Å². The summed E-state index contributed by atoms with van der Waals surface area (Å²) in [5.41, 5.74) is 0. The van der Waals surface area contributed by atoms with E-state index < -0.39 is 53.9 Å². The highest BCUT2D eigenvalue weighted by molar-refractivity contribution is 5.92. The van der Waals surface area contributed by atoms with Crippen LogP contribution in [0.25, 0.3) is 0 Å². The summed E-state index contributed by atoms with van der Waals surface area (Å²) < 4.78 is 0. The van der Waals surface area contributed by atoms with Crippen LogP contribution in [-0.2, 0) is 28.8 Å². The van der Waals surface area contributed by atoms with E-state index in [1.165, 1.54) is 6.92 Å². The molecule has 0 radical (unpaired) electrons. The summed E-state index contributed by atoms with van der Waals surface area (Å²) >= 11 is 0. The smallest absolute Gasteiger partial charge is 0.325 e. The van der Waals surface area contributed by atoms with Gasteiger partial charge in [-0.3, -0.25) is 28.8 Å². The number of nitrogens with one attached hydrogen (secondary N) is 6. The Labute approximate surface area is 250 Å². The van der Waals surface area contributed by atoms with E-state index >= 15 is 0 Å². The van der Waals surface area contributed by atoms with Crippen molar-refractivity contribution < 1.29 is 33.9 Å². The van der Waals surface area contributed by atoms with Gasteiger partial charge in [0.2, 0.25) is 30.0 Å². The summed E-state index contributed by atoms with van der Waals surface area (Å²) in [6.07, 6.45) is 2.81. The Kier molecular flexibility index (Phi) is 18.3. The minimum atomic E-state index is -1.18. The quantitative estimate of drug-likeness (QED) is 0.0936. The van der Waals surface area contributed by atoms with Crippen molar-refractivity contribution >= 4 is 36.0 Å². The fourth-order valence-electron chi connectivity index (χ4n) is 4.28. The lowest BCUT2D eigenvalue weighted by molar-refractivity contribution is -0.142. The summed E-state index contributed by atoms with van der Waals surface area (Å²) in [5.74, 6) is -3.18. The van der Waals surface area contributed by atoms with Crippen molar-refractivity contribution in [3.63, 3.8) is 0 Å². The predicted molar refractivity (Wildman–Crippen MR) is 160 cm³/mol. The molecule has 0 bridgehead atoms. The number of rotatable bonds is 21. The molecule has 0 aromatic carbocycles. The van der Waals surface area contributed by atoms with Gasteiger partial charge in [-0.15, -0.1) is 0 Å². The Morgan fingerprint density at radius 1 is 0.738 bits per heavy atom. The number of hydrogen-bond acceptors (Lipinski definition) is 7. The summed E-state index contributed by atoms with van der Waals surface area (Å²) in [5, 5.41) is 25.6. The fourth-order valence-corrected chi connectivity index (χ4v) is 4.28. The van der Waals surface area contributed by atoms with Crippen LogP contribution in [0.5, 0.6) is 0 Å². The maximum Gasteiger partial charge on any atom is 0.325 e. The van der Waals surface area contributed by atoms with E-state index in [1.807, 2.05) is 34.6 Å². The third kappa shape index (κ3) is 14.1. The van der Waals surface area contributed by atoms with Crippen LogP contribution in [0.3, 0.4) is 0 Å². The Morgan fingerprint density at radius 2 is 1.33 bits per heavy atom. The topological polar surface area (TPSA) is 195 Å². The van der Waals surface area contributed by atoms with Crippen LogP contribution in [0.1, 0.15) is 88.0 Å². The second kappa shape index (κ2) is 19.8. The number of hydrogen-bond donors (Lipinski definition) is 7. The van der Waals surface area contributed by atoms with E-state index in [1.54, 1.807) is 20.8 Å². The largest absolute Gasteiger partial charge is 0.480 e. The zero-order valence-electron chi connectivity index (χ0n) is 26.7. The molecule has 0 saturated carbocycles. The molecule has 13 nitrogen and oxygen atoms in total. The lowest BCUT2D eigenvalue weighted by atomic mass is 9.97. The number of aliphatic carboxylic acids is 1. The second-order valence-corrected chi connectivity index (χ2v) is 11.8. The molecule has 0 heterocycles. The predicted octanol–water partition coefficient (Wildman–Crippen LogP) is 0.671. The molecule has 0 fully saturated rings. The fraction of sp³-hybridized carbons (Fsp3) is 0.793. The van der Waals surface area contributed by atoms with Crippen molar-refractivity contribution in [2.24, 2.45) is 17.8 Å². The average Bonchev–Trinajstić information content (AvgIpc) is 2.91. The maximum atomic E-state index is 13.3. The molecule has 0 aliphatic heterocycles. The van der Waals surface area contributed by atoms with Gasteiger partial charge in [0.25, 0.3) is 0 Å². The van der Waals surface area contributed by atoms with E-state index in [2.05, 4.69) is 31.9 Å². The van der Waals surface area contributed by atoms with Gasteiger partial charge in [-0.1, -0.05) is 61.3 Å². The Hall–Kier alpha value is -3.22. The first-order valence-corrected chi connectivity index (χ1v) is 15.0. The molecule has 7 N–H and O–H groups in total. The van der Waals surface area contributed by atoms with Crippen molar-refractivity contribution in [2.75, 3.05) is 6.54 Å². The Balaban J connectivity index is 5.43. The zero-order chi connectivity index (χ0) is 32.6.